The molecule has 0 fully saturated rings. The number of hydrogen-bond donors (Lipinski definition) is 1. The van der Waals surface area contributed by atoms with Gasteiger partial charge in [-0.25, -0.2) is 4.98 Å². The van der Waals surface area contributed by atoms with Gasteiger partial charge in [0, 0.05) is 24.7 Å². The third-order valence-corrected chi connectivity index (χ3v) is 2.61. The van der Waals surface area contributed by atoms with Gasteiger partial charge in [0.1, 0.15) is 0 Å². The maximum absolute atomic E-state index is 8.70. The Bertz CT molecular complexity index is 406. The fraction of sp³-hybridized carbons (Fsp3) is 0.308. The molecule has 0 aliphatic carbocycles. The summed E-state index contributed by atoms with van der Waals surface area (Å²) >= 11 is 0. The van der Waals surface area contributed by atoms with Gasteiger partial charge in [0.25, 0.3) is 0 Å². The van der Waals surface area contributed by atoms with Gasteiger partial charge in [0.05, 0.1) is 6.33 Å². The molecule has 84 valence electrons. The Morgan fingerprint density at radius 3 is 2.56 bits per heavy atom. The molecule has 0 radical (unpaired) electrons. The molecule has 1 heterocycles. The Morgan fingerprint density at radius 2 is 1.94 bits per heavy atom. The summed E-state index contributed by atoms with van der Waals surface area (Å²) in [7, 11) is 0. The van der Waals surface area contributed by atoms with Crippen LogP contribution in [0.4, 0.5) is 0 Å². The molecule has 0 amide bonds. The second-order valence-electron chi connectivity index (χ2n) is 3.82. The van der Waals surface area contributed by atoms with Crippen LogP contribution in [0.3, 0.4) is 0 Å². The number of aliphatic hydroxyl groups excluding tert-OH is 1. The van der Waals surface area contributed by atoms with E-state index in [1.165, 1.54) is 5.56 Å². The second-order valence-corrected chi connectivity index (χ2v) is 3.82. The Labute approximate surface area is 95.4 Å². The van der Waals surface area contributed by atoms with E-state index in [2.05, 4.69) is 29.2 Å². The molecular weight excluding hydrogens is 200 g/mol. The molecule has 2 aromatic rings. The van der Waals surface area contributed by atoms with Crippen LogP contribution in [0.15, 0.2) is 43.0 Å². The molecule has 0 spiro atoms. The summed E-state index contributed by atoms with van der Waals surface area (Å²) in [5, 5.41) is 8.70. The lowest BCUT2D eigenvalue weighted by Crippen LogP contribution is -1.92. The van der Waals surface area contributed by atoms with Gasteiger partial charge in [-0.3, -0.25) is 0 Å². The van der Waals surface area contributed by atoms with Crippen LogP contribution in [0, 0.1) is 0 Å². The summed E-state index contributed by atoms with van der Waals surface area (Å²) in [5.74, 6) is 0. The van der Waals surface area contributed by atoms with E-state index in [0.29, 0.717) is 0 Å². The first-order chi connectivity index (χ1) is 7.90. The van der Waals surface area contributed by atoms with E-state index >= 15 is 0 Å². The fourth-order valence-electron chi connectivity index (χ4n) is 1.69. The van der Waals surface area contributed by atoms with Gasteiger partial charge in [-0.15, -0.1) is 0 Å². The third-order valence-electron chi connectivity index (χ3n) is 2.61. The van der Waals surface area contributed by atoms with Gasteiger partial charge in [0.15, 0.2) is 0 Å². The number of aliphatic hydroxyl groups is 1. The van der Waals surface area contributed by atoms with Crippen LogP contribution in [0.5, 0.6) is 0 Å². The summed E-state index contributed by atoms with van der Waals surface area (Å²) in [4.78, 5) is 4.02. The van der Waals surface area contributed by atoms with E-state index in [0.717, 1.165) is 24.9 Å². The largest absolute Gasteiger partial charge is 0.396 e. The highest BCUT2D eigenvalue weighted by molar-refractivity contribution is 5.34. The molecule has 1 aromatic heterocycles. The first-order valence-electron chi connectivity index (χ1n) is 5.58. The van der Waals surface area contributed by atoms with Crippen LogP contribution in [0.25, 0.3) is 5.69 Å². The normalized spacial score (nSPS) is 10.6. The standard InChI is InChI=1S/C13H16N2O/c16-10-2-1-3-12-4-6-13(7-5-12)15-9-8-14-11-15/h4-9,11,16H,1-3,10H2. The molecule has 3 heteroatoms. The Kier molecular flexibility index (Phi) is 3.72. The first-order valence-corrected chi connectivity index (χ1v) is 5.58. The van der Waals surface area contributed by atoms with E-state index in [-0.39, 0.29) is 6.61 Å². The summed E-state index contributed by atoms with van der Waals surface area (Å²) < 4.78 is 1.98. The quantitative estimate of drug-likeness (QED) is 0.778. The van der Waals surface area contributed by atoms with Crippen molar-refractivity contribution >= 4 is 0 Å². The molecule has 0 bridgehead atoms. The van der Waals surface area contributed by atoms with Crippen molar-refractivity contribution in [1.29, 1.82) is 0 Å². The van der Waals surface area contributed by atoms with E-state index in [4.69, 9.17) is 5.11 Å². The van der Waals surface area contributed by atoms with Crippen LogP contribution in [0.1, 0.15) is 18.4 Å². The smallest absolute Gasteiger partial charge is 0.0991 e. The maximum atomic E-state index is 8.70. The van der Waals surface area contributed by atoms with Crippen LogP contribution in [-0.4, -0.2) is 21.3 Å². The topological polar surface area (TPSA) is 38.0 Å². The van der Waals surface area contributed by atoms with Gasteiger partial charge in [-0.1, -0.05) is 12.1 Å². The molecule has 0 aliphatic heterocycles. The number of unbranched alkanes of at least 4 members (excludes halogenated alkanes) is 1. The molecular formula is C13H16N2O. The molecule has 1 N–H and O–H groups in total. The summed E-state index contributed by atoms with van der Waals surface area (Å²) in [6, 6.07) is 8.45. The number of rotatable bonds is 5. The van der Waals surface area contributed by atoms with Gasteiger partial charge in [0.2, 0.25) is 0 Å². The van der Waals surface area contributed by atoms with Crippen LogP contribution >= 0.6 is 0 Å². The third kappa shape index (κ3) is 2.70. The summed E-state index contributed by atoms with van der Waals surface area (Å²) in [5.41, 5.74) is 2.45. The predicted molar refractivity (Wildman–Crippen MR) is 63.6 cm³/mol. The lowest BCUT2D eigenvalue weighted by molar-refractivity contribution is 0.284. The molecule has 3 nitrogen and oxygen atoms in total. The van der Waals surface area contributed by atoms with Crippen molar-refractivity contribution in [2.75, 3.05) is 6.61 Å². The second kappa shape index (κ2) is 5.47. The predicted octanol–water partition coefficient (Wildman–Crippen LogP) is 2.19. The maximum Gasteiger partial charge on any atom is 0.0991 e. The molecule has 2 rings (SSSR count). The van der Waals surface area contributed by atoms with Crippen molar-refractivity contribution in [1.82, 2.24) is 9.55 Å². The van der Waals surface area contributed by atoms with Gasteiger partial charge in [-0.05, 0) is 37.0 Å². The Morgan fingerprint density at radius 1 is 1.12 bits per heavy atom. The van der Waals surface area contributed by atoms with Crippen LogP contribution in [-0.2, 0) is 6.42 Å². The molecule has 0 saturated heterocycles. The molecule has 0 aliphatic rings. The van der Waals surface area contributed by atoms with Gasteiger partial charge >= 0.3 is 0 Å². The molecule has 16 heavy (non-hydrogen) atoms. The molecule has 0 saturated carbocycles. The number of imidazole rings is 1. The molecule has 1 aromatic carbocycles. The number of hydrogen-bond acceptors (Lipinski definition) is 2. The van der Waals surface area contributed by atoms with Crippen molar-refractivity contribution < 1.29 is 5.11 Å². The zero-order chi connectivity index (χ0) is 11.2. The average molecular weight is 216 g/mol. The Balaban J connectivity index is 2.00. The monoisotopic (exact) mass is 216 g/mol. The lowest BCUT2D eigenvalue weighted by atomic mass is 10.1. The summed E-state index contributed by atoms with van der Waals surface area (Å²) in [6.45, 7) is 0.285. The van der Waals surface area contributed by atoms with E-state index in [9.17, 15) is 0 Å². The number of aromatic nitrogens is 2. The lowest BCUT2D eigenvalue weighted by Gasteiger charge is -2.04. The van der Waals surface area contributed by atoms with Crippen molar-refractivity contribution in [3.63, 3.8) is 0 Å². The molecule has 0 unspecified atom stereocenters. The fourth-order valence-corrected chi connectivity index (χ4v) is 1.69. The summed E-state index contributed by atoms with van der Waals surface area (Å²) in [6.07, 6.45) is 8.45. The highest BCUT2D eigenvalue weighted by Crippen LogP contribution is 2.11. The van der Waals surface area contributed by atoms with Crippen LogP contribution < -0.4 is 0 Å². The first kappa shape index (κ1) is 10.9. The number of benzene rings is 1. The number of aryl methyl sites for hydroxylation is 1. The highest BCUT2D eigenvalue weighted by atomic mass is 16.2. The van der Waals surface area contributed by atoms with Crippen molar-refractivity contribution in [3.8, 4) is 5.69 Å². The van der Waals surface area contributed by atoms with E-state index in [1.54, 1.807) is 12.5 Å². The van der Waals surface area contributed by atoms with Crippen molar-refractivity contribution in [2.45, 2.75) is 19.3 Å². The zero-order valence-electron chi connectivity index (χ0n) is 9.21. The highest BCUT2D eigenvalue weighted by Gasteiger charge is 1.96. The van der Waals surface area contributed by atoms with Crippen LogP contribution in [0.2, 0.25) is 0 Å². The minimum absolute atomic E-state index is 0.285. The van der Waals surface area contributed by atoms with E-state index in [1.807, 2.05) is 10.8 Å². The van der Waals surface area contributed by atoms with E-state index < -0.39 is 0 Å². The number of nitrogens with zero attached hydrogens (tertiary/aromatic N) is 2. The zero-order valence-corrected chi connectivity index (χ0v) is 9.21. The molecule has 0 atom stereocenters. The average Bonchev–Trinajstić information content (AvgIpc) is 2.84. The Hall–Kier alpha value is -1.61. The minimum Gasteiger partial charge on any atom is -0.396 e. The SMILES string of the molecule is OCCCCc1ccc(-n2ccnc2)cc1. The van der Waals surface area contributed by atoms with Crippen molar-refractivity contribution in [2.24, 2.45) is 0 Å². The van der Waals surface area contributed by atoms with Gasteiger partial charge in [-0.2, -0.15) is 0 Å². The van der Waals surface area contributed by atoms with Crippen molar-refractivity contribution in [3.05, 3.63) is 48.5 Å². The minimum atomic E-state index is 0.285. The van der Waals surface area contributed by atoms with Gasteiger partial charge < -0.3 is 9.67 Å².